The fraction of sp³-hybridized carbons (Fsp3) is 0.250. The van der Waals surface area contributed by atoms with Crippen LogP contribution in [-0.4, -0.2) is 16.9 Å². The Morgan fingerprint density at radius 1 is 0.889 bits per heavy atom. The van der Waals surface area contributed by atoms with Crippen molar-refractivity contribution >= 4 is 0 Å². The second kappa shape index (κ2) is 8.37. The fourth-order valence-electron chi connectivity index (χ4n) is 2.66. The SMILES string of the molecule is COCc1ccc(CNCc2ccc(-n3ccc(C(F)(F)F)n3)cc2)cc1. The van der Waals surface area contributed by atoms with Crippen molar-refractivity contribution < 1.29 is 17.9 Å². The number of nitrogens with zero attached hydrogens (tertiary/aromatic N) is 2. The lowest BCUT2D eigenvalue weighted by Crippen LogP contribution is -2.12. The summed E-state index contributed by atoms with van der Waals surface area (Å²) < 4.78 is 44.2. The third kappa shape index (κ3) is 5.18. The summed E-state index contributed by atoms with van der Waals surface area (Å²) in [6.45, 7) is 1.98. The number of hydrogen-bond acceptors (Lipinski definition) is 3. The lowest BCUT2D eigenvalue weighted by molar-refractivity contribution is -0.141. The maximum Gasteiger partial charge on any atom is 0.435 e. The van der Waals surface area contributed by atoms with Crippen LogP contribution in [0, 0.1) is 0 Å². The minimum absolute atomic E-state index is 0.586. The van der Waals surface area contributed by atoms with Crippen molar-refractivity contribution in [3.8, 4) is 5.69 Å². The van der Waals surface area contributed by atoms with Crippen molar-refractivity contribution in [2.45, 2.75) is 25.9 Å². The van der Waals surface area contributed by atoms with Crippen molar-refractivity contribution in [3.63, 3.8) is 0 Å². The van der Waals surface area contributed by atoms with Crippen molar-refractivity contribution in [3.05, 3.63) is 83.2 Å². The summed E-state index contributed by atoms with van der Waals surface area (Å²) in [5, 5.41) is 6.92. The first-order chi connectivity index (χ1) is 13.0. The molecule has 0 atom stereocenters. The van der Waals surface area contributed by atoms with Gasteiger partial charge in [0.2, 0.25) is 0 Å². The molecule has 0 aliphatic heterocycles. The van der Waals surface area contributed by atoms with Crippen LogP contribution in [0.4, 0.5) is 13.2 Å². The smallest absolute Gasteiger partial charge is 0.380 e. The Morgan fingerprint density at radius 3 is 1.96 bits per heavy atom. The highest BCUT2D eigenvalue weighted by Crippen LogP contribution is 2.27. The summed E-state index contributed by atoms with van der Waals surface area (Å²) in [5.41, 5.74) is 3.03. The van der Waals surface area contributed by atoms with Gasteiger partial charge in [0, 0.05) is 26.4 Å². The number of nitrogens with one attached hydrogen (secondary N) is 1. The van der Waals surface area contributed by atoms with Gasteiger partial charge in [-0.15, -0.1) is 0 Å². The third-order valence-corrected chi connectivity index (χ3v) is 4.07. The van der Waals surface area contributed by atoms with E-state index in [9.17, 15) is 13.2 Å². The number of hydrogen-bond donors (Lipinski definition) is 1. The van der Waals surface area contributed by atoms with Crippen LogP contribution in [0.1, 0.15) is 22.4 Å². The van der Waals surface area contributed by atoms with Crippen molar-refractivity contribution in [2.75, 3.05) is 7.11 Å². The Balaban J connectivity index is 1.54. The van der Waals surface area contributed by atoms with Crippen LogP contribution in [0.3, 0.4) is 0 Å². The first-order valence-corrected chi connectivity index (χ1v) is 8.45. The molecular weight excluding hydrogens is 355 g/mol. The lowest BCUT2D eigenvalue weighted by Gasteiger charge is -2.08. The van der Waals surface area contributed by atoms with Gasteiger partial charge in [-0.1, -0.05) is 36.4 Å². The van der Waals surface area contributed by atoms with E-state index in [1.165, 1.54) is 16.4 Å². The molecule has 0 fully saturated rings. The van der Waals surface area contributed by atoms with Crippen LogP contribution in [0.15, 0.2) is 60.8 Å². The zero-order valence-electron chi connectivity index (χ0n) is 14.8. The molecule has 1 heterocycles. The largest absolute Gasteiger partial charge is 0.435 e. The first-order valence-electron chi connectivity index (χ1n) is 8.45. The van der Waals surface area contributed by atoms with E-state index < -0.39 is 11.9 Å². The highest BCUT2D eigenvalue weighted by Gasteiger charge is 2.33. The van der Waals surface area contributed by atoms with Gasteiger partial charge in [-0.25, -0.2) is 4.68 Å². The molecule has 0 amide bonds. The molecule has 0 bridgehead atoms. The van der Waals surface area contributed by atoms with Crippen LogP contribution in [0.2, 0.25) is 0 Å². The van der Waals surface area contributed by atoms with E-state index in [4.69, 9.17) is 4.74 Å². The molecular formula is C20H20F3N3O. The summed E-state index contributed by atoms with van der Waals surface area (Å²) in [5.74, 6) is 0. The number of rotatable bonds is 7. The summed E-state index contributed by atoms with van der Waals surface area (Å²) in [6.07, 6.45) is -3.12. The standard InChI is InChI=1S/C20H20F3N3O/c1-27-14-17-4-2-15(3-5-17)12-24-13-16-6-8-18(9-7-16)26-11-10-19(25-26)20(21,22)23/h2-11,24H,12-14H2,1H3. The highest BCUT2D eigenvalue weighted by atomic mass is 19.4. The molecule has 2 aromatic carbocycles. The van der Waals surface area contributed by atoms with Gasteiger partial charge >= 0.3 is 6.18 Å². The van der Waals surface area contributed by atoms with E-state index in [2.05, 4.69) is 22.5 Å². The van der Waals surface area contributed by atoms with Gasteiger partial charge in [0.1, 0.15) is 0 Å². The normalized spacial score (nSPS) is 11.7. The van der Waals surface area contributed by atoms with Gasteiger partial charge in [-0.2, -0.15) is 18.3 Å². The van der Waals surface area contributed by atoms with E-state index in [0.29, 0.717) is 18.8 Å². The Labute approximate surface area is 155 Å². The average Bonchev–Trinajstić information content (AvgIpc) is 3.15. The molecule has 3 rings (SSSR count). The summed E-state index contributed by atoms with van der Waals surface area (Å²) in [7, 11) is 1.67. The zero-order valence-corrected chi connectivity index (χ0v) is 14.8. The molecule has 0 aliphatic rings. The molecule has 0 spiro atoms. The van der Waals surface area contributed by atoms with Gasteiger partial charge in [-0.3, -0.25) is 0 Å². The van der Waals surface area contributed by atoms with Crippen LogP contribution in [-0.2, 0) is 30.6 Å². The molecule has 142 valence electrons. The minimum atomic E-state index is -4.43. The molecule has 27 heavy (non-hydrogen) atoms. The maximum atomic E-state index is 12.6. The predicted molar refractivity (Wildman–Crippen MR) is 96.3 cm³/mol. The lowest BCUT2D eigenvalue weighted by atomic mass is 10.1. The van der Waals surface area contributed by atoms with Crippen LogP contribution >= 0.6 is 0 Å². The average molecular weight is 375 g/mol. The van der Waals surface area contributed by atoms with Crippen molar-refractivity contribution in [2.24, 2.45) is 0 Å². The zero-order chi connectivity index (χ0) is 19.3. The van der Waals surface area contributed by atoms with Gasteiger partial charge in [-0.05, 0) is 34.9 Å². The number of alkyl halides is 3. The second-order valence-corrected chi connectivity index (χ2v) is 6.16. The number of methoxy groups -OCH3 is 1. The predicted octanol–water partition coefficient (Wildman–Crippen LogP) is 4.33. The molecule has 0 saturated carbocycles. The second-order valence-electron chi connectivity index (χ2n) is 6.16. The molecule has 0 aliphatic carbocycles. The molecule has 1 N–H and O–H groups in total. The quantitative estimate of drug-likeness (QED) is 0.668. The Hall–Kier alpha value is -2.64. The number of halogens is 3. The molecule has 1 aromatic heterocycles. The van der Waals surface area contributed by atoms with Gasteiger partial charge in [0.25, 0.3) is 0 Å². The molecule has 0 saturated heterocycles. The van der Waals surface area contributed by atoms with Gasteiger partial charge < -0.3 is 10.1 Å². The summed E-state index contributed by atoms with van der Waals surface area (Å²) >= 11 is 0. The fourth-order valence-corrected chi connectivity index (χ4v) is 2.66. The van der Waals surface area contributed by atoms with E-state index in [1.54, 1.807) is 19.2 Å². The molecule has 7 heteroatoms. The van der Waals surface area contributed by atoms with Gasteiger partial charge in [0.15, 0.2) is 5.69 Å². The monoisotopic (exact) mass is 375 g/mol. The molecule has 0 unspecified atom stereocenters. The summed E-state index contributed by atoms with van der Waals surface area (Å²) in [4.78, 5) is 0. The van der Waals surface area contributed by atoms with Gasteiger partial charge in [0.05, 0.1) is 12.3 Å². The van der Waals surface area contributed by atoms with Crippen molar-refractivity contribution in [1.82, 2.24) is 15.1 Å². The highest BCUT2D eigenvalue weighted by molar-refractivity contribution is 5.34. The molecule has 3 aromatic rings. The molecule has 4 nitrogen and oxygen atoms in total. The number of aromatic nitrogens is 2. The Morgan fingerprint density at radius 2 is 1.44 bits per heavy atom. The topological polar surface area (TPSA) is 39.1 Å². The molecule has 0 radical (unpaired) electrons. The van der Waals surface area contributed by atoms with Crippen LogP contribution in [0.5, 0.6) is 0 Å². The van der Waals surface area contributed by atoms with E-state index in [0.717, 1.165) is 23.7 Å². The third-order valence-electron chi connectivity index (χ3n) is 4.07. The van der Waals surface area contributed by atoms with E-state index >= 15 is 0 Å². The van der Waals surface area contributed by atoms with Crippen molar-refractivity contribution in [1.29, 1.82) is 0 Å². The maximum absolute atomic E-state index is 12.6. The van der Waals surface area contributed by atoms with E-state index in [1.807, 2.05) is 24.3 Å². The minimum Gasteiger partial charge on any atom is -0.380 e. The van der Waals surface area contributed by atoms with Crippen LogP contribution < -0.4 is 5.32 Å². The van der Waals surface area contributed by atoms with E-state index in [-0.39, 0.29) is 0 Å². The summed E-state index contributed by atoms with van der Waals surface area (Å²) in [6, 6.07) is 16.4. The number of ether oxygens (including phenoxy) is 1. The van der Waals surface area contributed by atoms with Crippen LogP contribution in [0.25, 0.3) is 5.69 Å². The Kier molecular flexibility index (Phi) is 5.93. The number of benzene rings is 2. The first kappa shape index (κ1) is 19.1. The Bertz CT molecular complexity index is 855.